The SMILES string of the molecule is Cc1cc([C@@H]2CN(S(C)(=O)=O)CC[C@@H]2C)n2nc(C3CCC(C(F)(F)F)CC3)cc2n1. The van der Waals surface area contributed by atoms with Crippen LogP contribution in [0.5, 0.6) is 0 Å². The maximum atomic E-state index is 13.0. The standard InChI is InChI=1S/C21H29F3N4O2S/c1-13-8-9-27(31(3,29)30)12-17(13)19-10-14(2)25-20-11-18(26-28(19)20)15-4-6-16(7-5-15)21(22,23)24/h10-11,13,15-17H,4-9,12H2,1-3H3/t13-,15?,16?,17+/m0/s1. The van der Waals surface area contributed by atoms with Crippen molar-refractivity contribution >= 4 is 15.7 Å². The van der Waals surface area contributed by atoms with Gasteiger partial charge in [0, 0.05) is 36.7 Å². The zero-order valence-corrected chi connectivity index (χ0v) is 18.9. The lowest BCUT2D eigenvalue weighted by molar-refractivity contribution is -0.182. The van der Waals surface area contributed by atoms with E-state index in [1.165, 1.54) is 10.6 Å². The monoisotopic (exact) mass is 458 g/mol. The first-order chi connectivity index (χ1) is 14.4. The van der Waals surface area contributed by atoms with Crippen LogP contribution in [0.15, 0.2) is 12.1 Å². The molecule has 1 saturated carbocycles. The minimum Gasteiger partial charge on any atom is -0.234 e. The number of aromatic nitrogens is 3. The molecule has 1 aliphatic carbocycles. The van der Waals surface area contributed by atoms with Crippen LogP contribution in [0.3, 0.4) is 0 Å². The number of alkyl halides is 3. The van der Waals surface area contributed by atoms with Crippen LogP contribution >= 0.6 is 0 Å². The molecule has 172 valence electrons. The Morgan fingerprint density at radius 1 is 1.10 bits per heavy atom. The van der Waals surface area contributed by atoms with E-state index in [-0.39, 0.29) is 30.6 Å². The van der Waals surface area contributed by atoms with Crippen LogP contribution in [0.25, 0.3) is 5.65 Å². The number of hydrogen-bond donors (Lipinski definition) is 0. The van der Waals surface area contributed by atoms with Crippen LogP contribution in [0.4, 0.5) is 13.2 Å². The molecule has 1 saturated heterocycles. The highest BCUT2D eigenvalue weighted by Crippen LogP contribution is 2.43. The maximum absolute atomic E-state index is 13.0. The van der Waals surface area contributed by atoms with Gasteiger partial charge in [0.15, 0.2) is 5.65 Å². The molecule has 2 aromatic rings. The van der Waals surface area contributed by atoms with Crippen molar-refractivity contribution in [3.05, 3.63) is 29.2 Å². The van der Waals surface area contributed by atoms with E-state index in [0.29, 0.717) is 31.6 Å². The van der Waals surface area contributed by atoms with E-state index in [1.54, 1.807) is 4.52 Å². The highest BCUT2D eigenvalue weighted by Gasteiger charge is 2.42. The molecule has 0 amide bonds. The van der Waals surface area contributed by atoms with Crippen molar-refractivity contribution in [1.82, 2.24) is 18.9 Å². The second-order valence-electron chi connectivity index (χ2n) is 9.25. The number of piperidine rings is 1. The number of fused-ring (bicyclic) bond motifs is 1. The lowest BCUT2D eigenvalue weighted by Gasteiger charge is -2.35. The Morgan fingerprint density at radius 2 is 1.77 bits per heavy atom. The molecule has 3 heterocycles. The average Bonchev–Trinajstić information content (AvgIpc) is 3.10. The predicted molar refractivity (Wildman–Crippen MR) is 111 cm³/mol. The minimum absolute atomic E-state index is 0.00949. The van der Waals surface area contributed by atoms with Gasteiger partial charge >= 0.3 is 6.18 Å². The first-order valence-electron chi connectivity index (χ1n) is 10.8. The van der Waals surface area contributed by atoms with Crippen molar-refractivity contribution in [2.45, 2.75) is 64.0 Å². The van der Waals surface area contributed by atoms with Gasteiger partial charge in [0.1, 0.15) is 0 Å². The molecule has 2 fully saturated rings. The topological polar surface area (TPSA) is 67.6 Å². The van der Waals surface area contributed by atoms with Crippen LogP contribution in [-0.2, 0) is 10.0 Å². The minimum atomic E-state index is -4.13. The molecule has 0 unspecified atom stereocenters. The lowest BCUT2D eigenvalue weighted by Crippen LogP contribution is -2.42. The third-order valence-corrected chi connectivity index (χ3v) is 8.25. The first kappa shape index (κ1) is 22.5. The lowest BCUT2D eigenvalue weighted by atomic mass is 9.80. The molecule has 2 atom stereocenters. The van der Waals surface area contributed by atoms with Gasteiger partial charge in [0.25, 0.3) is 0 Å². The molecule has 0 radical (unpaired) electrons. The number of hydrogen-bond acceptors (Lipinski definition) is 4. The van der Waals surface area contributed by atoms with Crippen molar-refractivity contribution in [1.29, 1.82) is 0 Å². The first-order valence-corrected chi connectivity index (χ1v) is 12.7. The fraction of sp³-hybridized carbons (Fsp3) is 0.714. The Morgan fingerprint density at radius 3 is 2.39 bits per heavy atom. The van der Waals surface area contributed by atoms with Gasteiger partial charge in [-0.25, -0.2) is 22.2 Å². The van der Waals surface area contributed by atoms with Gasteiger partial charge in [-0.15, -0.1) is 0 Å². The average molecular weight is 459 g/mol. The van der Waals surface area contributed by atoms with Gasteiger partial charge < -0.3 is 0 Å². The molecule has 0 aromatic carbocycles. The third kappa shape index (κ3) is 4.60. The van der Waals surface area contributed by atoms with Gasteiger partial charge in [-0.3, -0.25) is 0 Å². The zero-order valence-electron chi connectivity index (χ0n) is 18.1. The van der Waals surface area contributed by atoms with Gasteiger partial charge in [0.2, 0.25) is 10.0 Å². The second kappa shape index (κ2) is 8.03. The molecule has 0 bridgehead atoms. The van der Waals surface area contributed by atoms with Crippen molar-refractivity contribution in [3.8, 4) is 0 Å². The highest BCUT2D eigenvalue weighted by atomic mass is 32.2. The van der Waals surface area contributed by atoms with Crippen LogP contribution in [0, 0.1) is 18.8 Å². The Balaban J connectivity index is 1.64. The summed E-state index contributed by atoms with van der Waals surface area (Å²) in [7, 11) is -3.29. The number of sulfonamides is 1. The summed E-state index contributed by atoms with van der Waals surface area (Å²) < 4.78 is 66.6. The highest BCUT2D eigenvalue weighted by molar-refractivity contribution is 7.88. The largest absolute Gasteiger partial charge is 0.391 e. The number of nitrogens with zero attached hydrogens (tertiary/aromatic N) is 4. The zero-order chi connectivity index (χ0) is 22.6. The van der Waals surface area contributed by atoms with Gasteiger partial charge in [-0.2, -0.15) is 18.3 Å². The molecule has 0 spiro atoms. The number of aryl methyl sites for hydroxylation is 1. The summed E-state index contributed by atoms with van der Waals surface area (Å²) in [5.74, 6) is -0.981. The number of rotatable bonds is 3. The molecular weight excluding hydrogens is 429 g/mol. The molecule has 10 heteroatoms. The van der Waals surface area contributed by atoms with Gasteiger partial charge in [-0.1, -0.05) is 6.92 Å². The summed E-state index contributed by atoms with van der Waals surface area (Å²) in [6, 6.07) is 3.84. The van der Waals surface area contributed by atoms with E-state index in [4.69, 9.17) is 5.10 Å². The molecule has 6 nitrogen and oxygen atoms in total. The molecule has 4 rings (SSSR count). The van der Waals surface area contributed by atoms with Crippen molar-refractivity contribution in [3.63, 3.8) is 0 Å². The Kier molecular flexibility index (Phi) is 5.83. The van der Waals surface area contributed by atoms with E-state index in [9.17, 15) is 21.6 Å². The quantitative estimate of drug-likeness (QED) is 0.689. The summed E-state index contributed by atoms with van der Waals surface area (Å²) in [4.78, 5) is 4.58. The Labute approximate surface area is 180 Å². The van der Waals surface area contributed by atoms with E-state index >= 15 is 0 Å². The molecule has 1 aliphatic heterocycles. The van der Waals surface area contributed by atoms with E-state index < -0.39 is 22.1 Å². The summed E-state index contributed by atoms with van der Waals surface area (Å²) in [5.41, 5.74) is 3.19. The van der Waals surface area contributed by atoms with Crippen LogP contribution in [0.1, 0.15) is 67.9 Å². The molecule has 2 aromatic heterocycles. The third-order valence-electron chi connectivity index (χ3n) is 6.98. The fourth-order valence-electron chi connectivity index (χ4n) is 5.05. The summed E-state index contributed by atoms with van der Waals surface area (Å²) in [6.07, 6.45) is -0.950. The van der Waals surface area contributed by atoms with E-state index in [2.05, 4.69) is 11.9 Å². The summed E-state index contributed by atoms with van der Waals surface area (Å²) >= 11 is 0. The normalized spacial score (nSPS) is 28.8. The van der Waals surface area contributed by atoms with E-state index in [0.717, 1.165) is 23.5 Å². The van der Waals surface area contributed by atoms with Crippen molar-refractivity contribution in [2.75, 3.05) is 19.3 Å². The maximum Gasteiger partial charge on any atom is 0.391 e. The molecule has 2 aliphatic rings. The summed E-state index contributed by atoms with van der Waals surface area (Å²) in [6.45, 7) is 4.92. The van der Waals surface area contributed by atoms with Crippen LogP contribution in [-0.4, -0.2) is 52.8 Å². The molecular formula is C21H29F3N4O2S. The molecule has 31 heavy (non-hydrogen) atoms. The number of halogens is 3. The van der Waals surface area contributed by atoms with Gasteiger partial charge in [0.05, 0.1) is 23.6 Å². The predicted octanol–water partition coefficient (Wildman–Crippen LogP) is 4.26. The van der Waals surface area contributed by atoms with Crippen molar-refractivity contribution in [2.24, 2.45) is 11.8 Å². The Hall–Kier alpha value is -1.68. The smallest absolute Gasteiger partial charge is 0.234 e. The van der Waals surface area contributed by atoms with Gasteiger partial charge in [-0.05, 0) is 51.0 Å². The van der Waals surface area contributed by atoms with Crippen LogP contribution in [0.2, 0.25) is 0 Å². The fourth-order valence-corrected chi connectivity index (χ4v) is 5.92. The second-order valence-corrected chi connectivity index (χ2v) is 11.2. The van der Waals surface area contributed by atoms with Crippen molar-refractivity contribution < 1.29 is 21.6 Å². The summed E-state index contributed by atoms with van der Waals surface area (Å²) in [5, 5.41) is 4.77. The van der Waals surface area contributed by atoms with E-state index in [1.807, 2.05) is 19.1 Å². The Bertz CT molecular complexity index is 1060. The molecule has 0 N–H and O–H groups in total. The van der Waals surface area contributed by atoms with Crippen LogP contribution < -0.4 is 0 Å².